The van der Waals surface area contributed by atoms with Gasteiger partial charge in [-0.3, -0.25) is 4.79 Å². The van der Waals surface area contributed by atoms with Crippen LogP contribution in [0, 0.1) is 0 Å². The normalized spacial score (nSPS) is 11.3. The molecule has 0 rings (SSSR count). The van der Waals surface area contributed by atoms with Gasteiger partial charge in [0.15, 0.2) is 0 Å². The minimum atomic E-state index is -0.560. The summed E-state index contributed by atoms with van der Waals surface area (Å²) in [4.78, 5) is 21.8. The van der Waals surface area contributed by atoms with Crippen molar-refractivity contribution in [3.63, 3.8) is 0 Å². The van der Waals surface area contributed by atoms with Gasteiger partial charge in [0.2, 0.25) is 0 Å². The van der Waals surface area contributed by atoms with Gasteiger partial charge in [0.25, 0.3) is 0 Å². The van der Waals surface area contributed by atoms with Crippen LogP contribution in [-0.2, 0) is 14.3 Å². The standard InChI is InChI=1S/C14H26O3.C3H8O2/c1-3-4-5-6-7-8-9-12-17-14(16)11-10-13(2)15;1-3(5)2-4/h3-12H2,1-2H3;3-5H,2H2,1H3. The molecule has 5 heteroatoms. The van der Waals surface area contributed by atoms with Crippen molar-refractivity contribution in [2.24, 2.45) is 0 Å². The second-order valence-electron chi connectivity index (χ2n) is 5.58. The van der Waals surface area contributed by atoms with Gasteiger partial charge < -0.3 is 19.7 Å². The number of Topliss-reactive ketones (excluding diaryl/α,β-unsaturated/α-hetero) is 1. The number of ether oxygens (including phenoxy) is 1. The molecule has 0 aromatic carbocycles. The Kier molecular flexibility index (Phi) is 19.2. The largest absolute Gasteiger partial charge is 0.466 e. The average molecular weight is 318 g/mol. The second-order valence-corrected chi connectivity index (χ2v) is 5.58. The molecular formula is C17H34O5. The van der Waals surface area contributed by atoms with Gasteiger partial charge in [0, 0.05) is 6.42 Å². The summed E-state index contributed by atoms with van der Waals surface area (Å²) in [5, 5.41) is 16.0. The molecule has 0 saturated carbocycles. The van der Waals surface area contributed by atoms with Crippen LogP contribution in [0.2, 0.25) is 0 Å². The Bertz CT molecular complexity index is 264. The highest BCUT2D eigenvalue weighted by Gasteiger charge is 2.04. The lowest BCUT2D eigenvalue weighted by atomic mass is 10.1. The van der Waals surface area contributed by atoms with Crippen LogP contribution in [0.4, 0.5) is 0 Å². The molecule has 1 unspecified atom stereocenters. The number of unbranched alkanes of at least 4 members (excludes halogenated alkanes) is 6. The van der Waals surface area contributed by atoms with Crippen LogP contribution < -0.4 is 0 Å². The SMILES string of the molecule is CC(O)CO.CCCCCCCCCOC(=O)CCC(C)=O. The number of esters is 1. The van der Waals surface area contributed by atoms with Crippen molar-refractivity contribution in [3.8, 4) is 0 Å². The Balaban J connectivity index is 0. The van der Waals surface area contributed by atoms with Crippen molar-refractivity contribution in [3.05, 3.63) is 0 Å². The third-order valence-corrected chi connectivity index (χ3v) is 2.96. The maximum Gasteiger partial charge on any atom is 0.306 e. The number of carbonyl (C=O) groups is 2. The minimum absolute atomic E-state index is 0.0397. The van der Waals surface area contributed by atoms with Gasteiger partial charge >= 0.3 is 5.97 Å². The molecule has 0 aliphatic heterocycles. The summed E-state index contributed by atoms with van der Waals surface area (Å²) < 4.78 is 5.03. The van der Waals surface area contributed by atoms with Crippen LogP contribution in [0.15, 0.2) is 0 Å². The van der Waals surface area contributed by atoms with Crippen LogP contribution in [0.5, 0.6) is 0 Å². The fourth-order valence-electron chi connectivity index (χ4n) is 1.60. The quantitative estimate of drug-likeness (QED) is 0.427. The molecule has 0 radical (unpaired) electrons. The highest BCUT2D eigenvalue weighted by Crippen LogP contribution is 2.07. The number of aliphatic hydroxyl groups excluding tert-OH is 2. The molecular weight excluding hydrogens is 284 g/mol. The minimum Gasteiger partial charge on any atom is -0.466 e. The van der Waals surface area contributed by atoms with Crippen molar-refractivity contribution in [1.29, 1.82) is 0 Å². The van der Waals surface area contributed by atoms with Crippen molar-refractivity contribution in [2.75, 3.05) is 13.2 Å². The Labute approximate surface area is 135 Å². The zero-order valence-corrected chi connectivity index (χ0v) is 14.5. The molecule has 0 bridgehead atoms. The molecule has 2 N–H and O–H groups in total. The van der Waals surface area contributed by atoms with E-state index in [0.717, 1.165) is 12.8 Å². The lowest BCUT2D eigenvalue weighted by Gasteiger charge is -2.04. The highest BCUT2D eigenvalue weighted by atomic mass is 16.5. The van der Waals surface area contributed by atoms with E-state index >= 15 is 0 Å². The molecule has 132 valence electrons. The predicted molar refractivity (Wildman–Crippen MR) is 87.6 cm³/mol. The maximum absolute atomic E-state index is 11.1. The summed E-state index contributed by atoms with van der Waals surface area (Å²) in [6.45, 7) is 5.59. The molecule has 0 amide bonds. The summed E-state index contributed by atoms with van der Waals surface area (Å²) in [7, 11) is 0. The Hall–Kier alpha value is -0.940. The Morgan fingerprint density at radius 1 is 1.00 bits per heavy atom. The van der Waals surface area contributed by atoms with Gasteiger partial charge in [-0.2, -0.15) is 0 Å². The van der Waals surface area contributed by atoms with Crippen molar-refractivity contribution >= 4 is 11.8 Å². The Morgan fingerprint density at radius 3 is 1.95 bits per heavy atom. The summed E-state index contributed by atoms with van der Waals surface area (Å²) in [6.07, 6.45) is 8.46. The van der Waals surface area contributed by atoms with E-state index in [4.69, 9.17) is 14.9 Å². The smallest absolute Gasteiger partial charge is 0.306 e. The fourth-order valence-corrected chi connectivity index (χ4v) is 1.60. The third-order valence-electron chi connectivity index (χ3n) is 2.96. The van der Waals surface area contributed by atoms with E-state index in [9.17, 15) is 9.59 Å². The summed E-state index contributed by atoms with van der Waals surface area (Å²) in [5.41, 5.74) is 0. The lowest BCUT2D eigenvalue weighted by molar-refractivity contribution is -0.144. The van der Waals surface area contributed by atoms with Crippen LogP contribution in [0.1, 0.15) is 78.6 Å². The monoisotopic (exact) mass is 318 g/mol. The molecule has 0 aromatic rings. The number of ketones is 1. The molecule has 22 heavy (non-hydrogen) atoms. The van der Waals surface area contributed by atoms with E-state index in [1.54, 1.807) is 0 Å². The number of rotatable bonds is 12. The maximum atomic E-state index is 11.1. The molecule has 0 fully saturated rings. The highest BCUT2D eigenvalue weighted by molar-refractivity contribution is 5.80. The molecule has 5 nitrogen and oxygen atoms in total. The summed E-state index contributed by atoms with van der Waals surface area (Å²) in [5.74, 6) is -0.205. The van der Waals surface area contributed by atoms with E-state index in [-0.39, 0.29) is 24.8 Å². The molecule has 0 aliphatic rings. The zero-order valence-electron chi connectivity index (χ0n) is 14.5. The molecule has 0 aliphatic carbocycles. The first-order valence-electron chi connectivity index (χ1n) is 8.38. The first kappa shape index (κ1) is 23.3. The number of carbonyl (C=O) groups excluding carboxylic acids is 2. The van der Waals surface area contributed by atoms with Gasteiger partial charge in [-0.1, -0.05) is 45.4 Å². The summed E-state index contributed by atoms with van der Waals surface area (Å²) in [6, 6.07) is 0. The first-order chi connectivity index (χ1) is 10.4. The van der Waals surface area contributed by atoms with Crippen molar-refractivity contribution < 1.29 is 24.5 Å². The average Bonchev–Trinajstić information content (AvgIpc) is 2.48. The van der Waals surface area contributed by atoms with Gasteiger partial charge in [0.05, 0.1) is 25.7 Å². The third kappa shape index (κ3) is 24.1. The van der Waals surface area contributed by atoms with Gasteiger partial charge in [-0.05, 0) is 20.3 Å². The molecule has 0 heterocycles. The van der Waals surface area contributed by atoms with E-state index in [1.807, 2.05) is 0 Å². The molecule has 0 saturated heterocycles. The van der Waals surface area contributed by atoms with Gasteiger partial charge in [-0.15, -0.1) is 0 Å². The Morgan fingerprint density at radius 2 is 1.50 bits per heavy atom. The number of aliphatic hydroxyl groups is 2. The fraction of sp³-hybridized carbons (Fsp3) is 0.882. The summed E-state index contributed by atoms with van der Waals surface area (Å²) >= 11 is 0. The zero-order chi connectivity index (χ0) is 17.2. The van der Waals surface area contributed by atoms with Gasteiger partial charge in [-0.25, -0.2) is 0 Å². The van der Waals surface area contributed by atoms with Crippen LogP contribution in [0.3, 0.4) is 0 Å². The lowest BCUT2D eigenvalue weighted by Crippen LogP contribution is -2.07. The van der Waals surface area contributed by atoms with Crippen LogP contribution in [-0.4, -0.2) is 41.3 Å². The van der Waals surface area contributed by atoms with Crippen molar-refractivity contribution in [2.45, 2.75) is 84.7 Å². The van der Waals surface area contributed by atoms with Gasteiger partial charge in [0.1, 0.15) is 5.78 Å². The van der Waals surface area contributed by atoms with Crippen molar-refractivity contribution in [1.82, 2.24) is 0 Å². The molecule has 1 atom stereocenters. The number of hydrogen-bond donors (Lipinski definition) is 2. The second kappa shape index (κ2) is 18.1. The first-order valence-corrected chi connectivity index (χ1v) is 8.38. The van der Waals surface area contributed by atoms with E-state index in [1.165, 1.54) is 46.0 Å². The predicted octanol–water partition coefficient (Wildman–Crippen LogP) is 3.01. The number of hydrogen-bond acceptors (Lipinski definition) is 5. The van der Waals surface area contributed by atoms with E-state index in [0.29, 0.717) is 13.0 Å². The van der Waals surface area contributed by atoms with Crippen LogP contribution in [0.25, 0.3) is 0 Å². The topological polar surface area (TPSA) is 83.8 Å². The van der Waals surface area contributed by atoms with E-state index < -0.39 is 6.10 Å². The molecule has 0 aromatic heterocycles. The van der Waals surface area contributed by atoms with E-state index in [2.05, 4.69) is 6.92 Å². The molecule has 0 spiro atoms. The van der Waals surface area contributed by atoms with Crippen LogP contribution >= 0.6 is 0 Å².